The van der Waals surface area contributed by atoms with Gasteiger partial charge >= 0.3 is 7.12 Å². The van der Waals surface area contributed by atoms with Crippen LogP contribution in [0.25, 0.3) is 22.9 Å². The van der Waals surface area contributed by atoms with Crippen molar-refractivity contribution in [1.82, 2.24) is 0 Å². The molecule has 0 saturated carbocycles. The average Bonchev–Trinajstić information content (AvgIpc) is 2.53. The standard InChI is InChI=1S/C21H23BO2/c1-14(22(23)24)8-9-15-10-11-17-13-18(21(2,3)4)12-16-6-5-7-19(15)20(16)17/h5-6,8-13,23-24H,1,7H2,2-4H3/b9-8-. The Morgan fingerprint density at radius 1 is 1.21 bits per heavy atom. The molecule has 0 unspecified atom stereocenters. The van der Waals surface area contributed by atoms with Crippen LogP contribution in [0, 0.1) is 0 Å². The van der Waals surface area contributed by atoms with E-state index >= 15 is 0 Å². The minimum absolute atomic E-state index is 0.115. The molecule has 0 aliphatic heterocycles. The molecule has 0 atom stereocenters. The van der Waals surface area contributed by atoms with Gasteiger partial charge in [-0.15, -0.1) is 0 Å². The van der Waals surface area contributed by atoms with Gasteiger partial charge in [0.25, 0.3) is 0 Å². The smallest absolute Gasteiger partial charge is 0.423 e. The lowest BCUT2D eigenvalue weighted by molar-refractivity contribution is 0.421. The molecule has 0 fully saturated rings. The van der Waals surface area contributed by atoms with E-state index in [1.165, 1.54) is 27.5 Å². The van der Waals surface area contributed by atoms with Gasteiger partial charge in [-0.3, -0.25) is 0 Å². The van der Waals surface area contributed by atoms with Crippen molar-refractivity contribution in [3.8, 4) is 0 Å². The molecule has 2 aromatic carbocycles. The molecule has 0 amide bonds. The van der Waals surface area contributed by atoms with Gasteiger partial charge in [-0.05, 0) is 50.3 Å². The van der Waals surface area contributed by atoms with Gasteiger partial charge in [0.2, 0.25) is 0 Å². The van der Waals surface area contributed by atoms with Crippen LogP contribution in [0.2, 0.25) is 0 Å². The van der Waals surface area contributed by atoms with Gasteiger partial charge < -0.3 is 10.0 Å². The maximum atomic E-state index is 9.15. The van der Waals surface area contributed by atoms with E-state index in [9.17, 15) is 0 Å². The predicted molar refractivity (Wildman–Crippen MR) is 104 cm³/mol. The van der Waals surface area contributed by atoms with Crippen molar-refractivity contribution in [2.45, 2.75) is 32.6 Å². The zero-order valence-electron chi connectivity index (χ0n) is 14.5. The Kier molecular flexibility index (Phi) is 4.24. The van der Waals surface area contributed by atoms with Crippen LogP contribution in [0.4, 0.5) is 0 Å². The highest BCUT2D eigenvalue weighted by Gasteiger charge is 2.19. The summed E-state index contributed by atoms with van der Waals surface area (Å²) in [5.74, 6) is 0. The Balaban J connectivity index is 2.15. The molecule has 3 rings (SSSR count). The van der Waals surface area contributed by atoms with Gasteiger partial charge in [0, 0.05) is 0 Å². The van der Waals surface area contributed by atoms with Crippen molar-refractivity contribution in [3.63, 3.8) is 0 Å². The second-order valence-electron chi connectivity index (χ2n) is 7.44. The van der Waals surface area contributed by atoms with Crippen LogP contribution >= 0.6 is 0 Å². The van der Waals surface area contributed by atoms with Crippen molar-refractivity contribution in [2.24, 2.45) is 0 Å². The Morgan fingerprint density at radius 3 is 2.62 bits per heavy atom. The molecule has 0 spiro atoms. The van der Waals surface area contributed by atoms with Gasteiger partial charge in [0.15, 0.2) is 0 Å². The quantitative estimate of drug-likeness (QED) is 0.655. The molecule has 24 heavy (non-hydrogen) atoms. The predicted octanol–water partition coefficient (Wildman–Crippen LogP) is 4.29. The van der Waals surface area contributed by atoms with Crippen LogP contribution in [0.5, 0.6) is 0 Å². The highest BCUT2D eigenvalue weighted by Crippen LogP contribution is 2.35. The van der Waals surface area contributed by atoms with Crippen molar-refractivity contribution in [3.05, 3.63) is 70.7 Å². The second-order valence-corrected chi connectivity index (χ2v) is 7.44. The minimum Gasteiger partial charge on any atom is -0.423 e. The zero-order valence-corrected chi connectivity index (χ0v) is 14.5. The maximum absolute atomic E-state index is 9.15. The molecule has 2 N–H and O–H groups in total. The van der Waals surface area contributed by atoms with Crippen molar-refractivity contribution in [2.75, 3.05) is 0 Å². The van der Waals surface area contributed by atoms with Gasteiger partial charge in [-0.25, -0.2) is 0 Å². The van der Waals surface area contributed by atoms with Crippen LogP contribution < -0.4 is 0 Å². The van der Waals surface area contributed by atoms with Gasteiger partial charge in [0.1, 0.15) is 0 Å². The number of rotatable bonds is 3. The lowest BCUT2D eigenvalue weighted by atomic mass is 9.79. The molecule has 0 bridgehead atoms. The zero-order chi connectivity index (χ0) is 17.5. The van der Waals surface area contributed by atoms with Crippen LogP contribution in [0.1, 0.15) is 43.0 Å². The average molecular weight is 318 g/mol. The summed E-state index contributed by atoms with van der Waals surface area (Å²) in [5, 5.41) is 20.9. The first-order valence-electron chi connectivity index (χ1n) is 8.27. The lowest BCUT2D eigenvalue weighted by Crippen LogP contribution is -2.12. The van der Waals surface area contributed by atoms with Crippen molar-refractivity contribution >= 4 is 30.0 Å². The van der Waals surface area contributed by atoms with Crippen LogP contribution in [-0.2, 0) is 11.8 Å². The summed E-state index contributed by atoms with van der Waals surface area (Å²) in [5.41, 5.74) is 5.37. The van der Waals surface area contributed by atoms with Gasteiger partial charge in [0.05, 0.1) is 0 Å². The summed E-state index contributed by atoms with van der Waals surface area (Å²) < 4.78 is 0. The molecule has 0 radical (unpaired) electrons. The summed E-state index contributed by atoms with van der Waals surface area (Å²) in [6.07, 6.45) is 8.86. The molecule has 0 aromatic heterocycles. The number of allylic oxidation sites excluding steroid dienone is 3. The second kappa shape index (κ2) is 6.08. The molecule has 1 aliphatic rings. The van der Waals surface area contributed by atoms with Crippen molar-refractivity contribution in [1.29, 1.82) is 0 Å². The van der Waals surface area contributed by atoms with E-state index in [0.717, 1.165) is 12.0 Å². The minimum atomic E-state index is -1.51. The Bertz CT molecular complexity index is 868. The fraction of sp³-hybridized carbons (Fsp3) is 0.238. The summed E-state index contributed by atoms with van der Waals surface area (Å²) in [4.78, 5) is 0. The Hall–Kier alpha value is -2.10. The van der Waals surface area contributed by atoms with Crippen LogP contribution in [0.3, 0.4) is 0 Å². The lowest BCUT2D eigenvalue weighted by Gasteiger charge is -2.23. The van der Waals surface area contributed by atoms with E-state index in [1.54, 1.807) is 6.08 Å². The molecule has 1 aliphatic carbocycles. The largest absolute Gasteiger partial charge is 0.487 e. The van der Waals surface area contributed by atoms with Crippen LogP contribution in [-0.4, -0.2) is 17.2 Å². The Labute approximate surface area is 144 Å². The van der Waals surface area contributed by atoms with E-state index in [0.29, 0.717) is 0 Å². The normalized spacial score (nSPS) is 13.7. The first-order valence-corrected chi connectivity index (χ1v) is 8.27. The van der Waals surface area contributed by atoms with E-state index in [1.807, 2.05) is 6.08 Å². The third-order valence-electron chi connectivity index (χ3n) is 4.59. The van der Waals surface area contributed by atoms with E-state index in [-0.39, 0.29) is 10.9 Å². The van der Waals surface area contributed by atoms with Gasteiger partial charge in [-0.2, -0.15) is 0 Å². The summed E-state index contributed by atoms with van der Waals surface area (Å²) >= 11 is 0. The van der Waals surface area contributed by atoms with E-state index in [2.05, 4.69) is 63.8 Å². The first kappa shape index (κ1) is 16.8. The van der Waals surface area contributed by atoms with Crippen molar-refractivity contribution < 1.29 is 10.0 Å². The maximum Gasteiger partial charge on any atom is 0.487 e. The van der Waals surface area contributed by atoms with E-state index < -0.39 is 7.12 Å². The molecule has 2 aromatic rings. The summed E-state index contributed by atoms with van der Waals surface area (Å²) in [6, 6.07) is 8.81. The third kappa shape index (κ3) is 3.10. The fourth-order valence-corrected chi connectivity index (χ4v) is 3.12. The molecular weight excluding hydrogens is 295 g/mol. The monoisotopic (exact) mass is 318 g/mol. The highest BCUT2D eigenvalue weighted by molar-refractivity contribution is 6.51. The topological polar surface area (TPSA) is 40.5 Å². The molecular formula is C21H23BO2. The molecule has 0 saturated heterocycles. The first-order chi connectivity index (χ1) is 11.3. The number of benzene rings is 2. The SMILES string of the molecule is C=C(/C=C\c1ccc2cc(C(C)(C)C)cc3c2c1CC=C3)B(O)O. The number of hydrogen-bond donors (Lipinski definition) is 2. The van der Waals surface area contributed by atoms with E-state index in [4.69, 9.17) is 10.0 Å². The number of hydrogen-bond acceptors (Lipinski definition) is 2. The highest BCUT2D eigenvalue weighted by atomic mass is 16.4. The van der Waals surface area contributed by atoms with Crippen LogP contribution in [0.15, 0.2) is 48.5 Å². The molecule has 122 valence electrons. The molecule has 3 heteroatoms. The fourth-order valence-electron chi connectivity index (χ4n) is 3.12. The summed E-state index contributed by atoms with van der Waals surface area (Å²) in [7, 11) is -1.51. The summed E-state index contributed by atoms with van der Waals surface area (Å²) in [6.45, 7) is 10.4. The Morgan fingerprint density at radius 2 is 1.96 bits per heavy atom. The molecule has 2 nitrogen and oxygen atoms in total. The third-order valence-corrected chi connectivity index (χ3v) is 4.59. The molecule has 0 heterocycles. The van der Waals surface area contributed by atoms with Gasteiger partial charge in [-0.1, -0.05) is 75.9 Å².